The molecule has 0 amide bonds. The van der Waals surface area contributed by atoms with Gasteiger partial charge in [0, 0.05) is 0 Å². The van der Waals surface area contributed by atoms with Gasteiger partial charge >= 0.3 is 0 Å². The van der Waals surface area contributed by atoms with E-state index in [-0.39, 0.29) is 17.0 Å². The first-order valence-electron chi connectivity index (χ1n) is 9.19. The average molecular weight is 470 g/mol. The van der Waals surface area contributed by atoms with Crippen molar-refractivity contribution in [3.05, 3.63) is 126 Å². The van der Waals surface area contributed by atoms with Gasteiger partial charge in [0.05, 0.1) is 6.16 Å². The Hall–Kier alpha value is -2.35. The molecule has 0 spiro atoms. The molecule has 4 heteroatoms. The summed E-state index contributed by atoms with van der Waals surface area (Å²) in [7, 11) is -2.10. The first-order chi connectivity index (χ1) is 13.7. The van der Waals surface area contributed by atoms with Gasteiger partial charge in [-0.1, -0.05) is 60.7 Å². The van der Waals surface area contributed by atoms with Crippen LogP contribution in [-0.4, -0.2) is 0 Å². The number of rotatable bonds is 5. The smallest absolute Gasteiger partial charge is 0.159 e. The Morgan fingerprint density at radius 2 is 0.931 bits per heavy atom. The summed E-state index contributed by atoms with van der Waals surface area (Å²) in [5.41, 5.74) is 0.795. The standard InChI is InChI=1S/C25H20F2P.BrH/c26-24-17-16-20(18-25(24)27)19-28(21-10-4-1-5-11-21,22-12-6-2-7-13-22)23-14-8-3-9-15-23;/h1-18H,19H2;1H/q+1;. The van der Waals surface area contributed by atoms with Gasteiger partial charge in [0.15, 0.2) is 11.6 Å². The largest absolute Gasteiger partial charge is 0.204 e. The van der Waals surface area contributed by atoms with E-state index >= 15 is 0 Å². The first kappa shape index (κ1) is 21.4. The van der Waals surface area contributed by atoms with Crippen molar-refractivity contribution in [3.8, 4) is 0 Å². The second-order valence-corrected chi connectivity index (χ2v) is 10.2. The normalized spacial score (nSPS) is 11.0. The van der Waals surface area contributed by atoms with Gasteiger partial charge in [0.25, 0.3) is 0 Å². The highest BCUT2D eigenvalue weighted by Crippen LogP contribution is 2.58. The van der Waals surface area contributed by atoms with Gasteiger partial charge in [-0.15, -0.1) is 17.0 Å². The number of halogens is 3. The van der Waals surface area contributed by atoms with Gasteiger partial charge in [-0.2, -0.15) is 0 Å². The van der Waals surface area contributed by atoms with E-state index in [9.17, 15) is 8.78 Å². The van der Waals surface area contributed by atoms with Gasteiger partial charge in [0.2, 0.25) is 0 Å². The third-order valence-electron chi connectivity index (χ3n) is 4.99. The minimum atomic E-state index is -2.10. The summed E-state index contributed by atoms with van der Waals surface area (Å²) in [6.07, 6.45) is 0.627. The fraction of sp³-hybridized carbons (Fsp3) is 0.0400. The summed E-state index contributed by atoms with van der Waals surface area (Å²) in [4.78, 5) is 0. The SMILES string of the molecule is Br.Fc1ccc(C[P+](c2ccccc2)(c2ccccc2)c2ccccc2)cc1F. The molecule has 0 aliphatic carbocycles. The van der Waals surface area contributed by atoms with Crippen LogP contribution in [0, 0.1) is 11.6 Å². The zero-order valence-electron chi connectivity index (χ0n) is 15.7. The van der Waals surface area contributed by atoms with Gasteiger partial charge < -0.3 is 0 Å². The molecule has 29 heavy (non-hydrogen) atoms. The molecule has 0 aromatic heterocycles. The maximum atomic E-state index is 14.0. The fourth-order valence-corrected chi connectivity index (χ4v) is 7.91. The Bertz CT molecular complexity index is 957. The van der Waals surface area contributed by atoms with Crippen molar-refractivity contribution >= 4 is 40.2 Å². The molecular formula is C25H21BrF2P+. The molecule has 0 unspecified atom stereocenters. The molecule has 0 N–H and O–H groups in total. The van der Waals surface area contributed by atoms with Crippen LogP contribution in [0.4, 0.5) is 8.78 Å². The molecule has 0 saturated carbocycles. The Morgan fingerprint density at radius 3 is 1.31 bits per heavy atom. The minimum absolute atomic E-state index is 0. The summed E-state index contributed by atoms with van der Waals surface area (Å²) in [6.45, 7) is 0. The third-order valence-corrected chi connectivity index (χ3v) is 9.37. The molecule has 0 heterocycles. The minimum Gasteiger partial charge on any atom is -0.204 e. The molecule has 4 rings (SSSR count). The van der Waals surface area contributed by atoms with E-state index < -0.39 is 18.9 Å². The average Bonchev–Trinajstić information content (AvgIpc) is 2.76. The van der Waals surface area contributed by atoms with Crippen molar-refractivity contribution in [2.75, 3.05) is 0 Å². The highest BCUT2D eigenvalue weighted by Gasteiger charge is 2.45. The van der Waals surface area contributed by atoms with Gasteiger partial charge in [-0.25, -0.2) is 8.78 Å². The lowest BCUT2D eigenvalue weighted by atomic mass is 10.2. The zero-order chi connectivity index (χ0) is 19.4. The molecule has 0 aliphatic rings. The van der Waals surface area contributed by atoms with E-state index in [4.69, 9.17) is 0 Å². The highest BCUT2D eigenvalue weighted by atomic mass is 79.9. The van der Waals surface area contributed by atoms with Crippen LogP contribution in [-0.2, 0) is 6.16 Å². The lowest BCUT2D eigenvalue weighted by Gasteiger charge is -2.27. The van der Waals surface area contributed by atoms with Crippen LogP contribution in [0.15, 0.2) is 109 Å². The predicted molar refractivity (Wildman–Crippen MR) is 126 cm³/mol. The number of hydrogen-bond acceptors (Lipinski definition) is 0. The molecule has 0 radical (unpaired) electrons. The van der Waals surface area contributed by atoms with Crippen molar-refractivity contribution < 1.29 is 8.78 Å². The quantitative estimate of drug-likeness (QED) is 0.312. The molecule has 4 aromatic rings. The van der Waals surface area contributed by atoms with Crippen molar-refractivity contribution in [3.63, 3.8) is 0 Å². The Balaban J connectivity index is 0.00000240. The third kappa shape index (κ3) is 4.32. The summed E-state index contributed by atoms with van der Waals surface area (Å²) >= 11 is 0. The monoisotopic (exact) mass is 469 g/mol. The van der Waals surface area contributed by atoms with Crippen molar-refractivity contribution in [2.24, 2.45) is 0 Å². The Kier molecular flexibility index (Phi) is 6.95. The van der Waals surface area contributed by atoms with Crippen LogP contribution in [0.3, 0.4) is 0 Å². The topological polar surface area (TPSA) is 0 Å². The van der Waals surface area contributed by atoms with Crippen LogP contribution in [0.25, 0.3) is 0 Å². The summed E-state index contributed by atoms with van der Waals surface area (Å²) in [5.74, 6) is -1.61. The van der Waals surface area contributed by atoms with Gasteiger partial charge in [-0.3, -0.25) is 0 Å². The van der Waals surface area contributed by atoms with Crippen LogP contribution in [0.1, 0.15) is 5.56 Å². The van der Waals surface area contributed by atoms with Crippen LogP contribution in [0.5, 0.6) is 0 Å². The van der Waals surface area contributed by atoms with E-state index in [1.165, 1.54) is 28.0 Å². The van der Waals surface area contributed by atoms with E-state index in [2.05, 4.69) is 36.4 Å². The molecule has 0 saturated heterocycles. The van der Waals surface area contributed by atoms with Crippen LogP contribution >= 0.6 is 24.2 Å². The van der Waals surface area contributed by atoms with E-state index in [0.717, 1.165) is 5.56 Å². The molecule has 146 valence electrons. The van der Waals surface area contributed by atoms with E-state index in [1.54, 1.807) is 6.07 Å². The lowest BCUT2D eigenvalue weighted by molar-refractivity contribution is 0.507. The van der Waals surface area contributed by atoms with Gasteiger partial charge in [-0.05, 0) is 54.1 Å². The number of benzene rings is 4. The molecule has 0 aliphatic heterocycles. The molecular weight excluding hydrogens is 449 g/mol. The Labute approximate surface area is 181 Å². The summed E-state index contributed by atoms with van der Waals surface area (Å²) in [6, 6.07) is 35.4. The van der Waals surface area contributed by atoms with Gasteiger partial charge in [0.1, 0.15) is 23.2 Å². The second-order valence-electron chi connectivity index (χ2n) is 6.72. The molecule has 0 nitrogen and oxygen atoms in total. The predicted octanol–water partition coefficient (Wildman–Crippen LogP) is 6.04. The molecule has 0 bridgehead atoms. The maximum Gasteiger partial charge on any atom is 0.159 e. The fourth-order valence-electron chi connectivity index (χ4n) is 3.68. The first-order valence-corrected chi connectivity index (χ1v) is 11.2. The zero-order valence-corrected chi connectivity index (χ0v) is 18.3. The van der Waals surface area contributed by atoms with Crippen LogP contribution < -0.4 is 15.9 Å². The summed E-state index contributed by atoms with van der Waals surface area (Å²) in [5, 5.41) is 3.66. The van der Waals surface area contributed by atoms with Crippen LogP contribution in [0.2, 0.25) is 0 Å². The van der Waals surface area contributed by atoms with Crippen molar-refractivity contribution in [1.29, 1.82) is 0 Å². The Morgan fingerprint density at radius 1 is 0.517 bits per heavy atom. The van der Waals surface area contributed by atoms with E-state index in [1.807, 2.05) is 54.6 Å². The summed E-state index contributed by atoms with van der Waals surface area (Å²) < 4.78 is 27.5. The van der Waals surface area contributed by atoms with Crippen molar-refractivity contribution in [1.82, 2.24) is 0 Å². The molecule has 0 fully saturated rings. The van der Waals surface area contributed by atoms with Crippen molar-refractivity contribution in [2.45, 2.75) is 6.16 Å². The molecule has 4 aromatic carbocycles. The maximum absolute atomic E-state index is 14.0. The van der Waals surface area contributed by atoms with E-state index in [0.29, 0.717) is 6.16 Å². The highest BCUT2D eigenvalue weighted by molar-refractivity contribution is 8.93. The lowest BCUT2D eigenvalue weighted by Crippen LogP contribution is -2.32. The molecule has 0 atom stereocenters. The number of hydrogen-bond donors (Lipinski definition) is 0. The second kappa shape index (κ2) is 9.43.